The van der Waals surface area contributed by atoms with Crippen LogP contribution in [0, 0.1) is 0 Å². The van der Waals surface area contributed by atoms with Gasteiger partial charge in [0.15, 0.2) is 0 Å². The summed E-state index contributed by atoms with van der Waals surface area (Å²) in [6, 6.07) is 0.619. The average Bonchev–Trinajstić information content (AvgIpc) is 2.35. The van der Waals surface area contributed by atoms with E-state index in [1.807, 2.05) is 0 Å². The summed E-state index contributed by atoms with van der Waals surface area (Å²) < 4.78 is 10.7. The predicted octanol–water partition coefficient (Wildman–Crippen LogP) is -0.415. The molecule has 2 unspecified atom stereocenters. The van der Waals surface area contributed by atoms with Gasteiger partial charge in [0, 0.05) is 38.8 Å². The predicted molar refractivity (Wildman–Crippen MR) is 67.1 cm³/mol. The molecule has 0 aliphatic carbocycles. The molecule has 5 heteroatoms. The molecule has 0 aromatic heterocycles. The molecule has 2 fully saturated rings. The van der Waals surface area contributed by atoms with E-state index in [1.54, 1.807) is 0 Å². The van der Waals surface area contributed by atoms with Crippen LogP contribution in [0.5, 0.6) is 0 Å². The molecule has 2 heterocycles. The zero-order valence-electron chi connectivity index (χ0n) is 11.0. The minimum absolute atomic E-state index is 0.329. The van der Waals surface area contributed by atoms with Crippen molar-refractivity contribution in [2.24, 2.45) is 0 Å². The molecule has 0 aromatic rings. The molecule has 2 saturated heterocycles. The molecule has 0 saturated carbocycles. The highest BCUT2D eigenvalue weighted by molar-refractivity contribution is 4.80. The van der Waals surface area contributed by atoms with Gasteiger partial charge >= 0.3 is 0 Å². The van der Waals surface area contributed by atoms with Gasteiger partial charge in [0.1, 0.15) is 6.79 Å². The summed E-state index contributed by atoms with van der Waals surface area (Å²) in [4.78, 5) is 4.84. The second-order valence-corrected chi connectivity index (χ2v) is 5.16. The normalized spacial score (nSPS) is 32.8. The van der Waals surface area contributed by atoms with E-state index < -0.39 is 0 Å². The summed E-state index contributed by atoms with van der Waals surface area (Å²) in [5.41, 5.74) is 0. The lowest BCUT2D eigenvalue weighted by molar-refractivity contribution is -0.137. The highest BCUT2D eigenvalue weighted by Crippen LogP contribution is 2.06. The fourth-order valence-corrected chi connectivity index (χ4v) is 2.40. The molecule has 5 nitrogen and oxygen atoms in total. The van der Waals surface area contributed by atoms with Gasteiger partial charge in [-0.2, -0.15) is 0 Å². The number of likely N-dealkylation sites (N-methyl/N-ethyl adjacent to an activating group) is 2. The summed E-state index contributed by atoms with van der Waals surface area (Å²) in [6.07, 6.45) is 1.34. The van der Waals surface area contributed by atoms with Crippen LogP contribution >= 0.6 is 0 Å². The maximum Gasteiger partial charge on any atom is 0.147 e. The summed E-state index contributed by atoms with van der Waals surface area (Å²) in [7, 11) is 4.41. The van der Waals surface area contributed by atoms with Gasteiger partial charge in [-0.1, -0.05) is 0 Å². The Morgan fingerprint density at radius 2 is 2.12 bits per heavy atom. The van der Waals surface area contributed by atoms with Crippen molar-refractivity contribution < 1.29 is 9.47 Å². The molecule has 0 amide bonds. The Bertz CT molecular complexity index is 222. The third kappa shape index (κ3) is 4.19. The minimum atomic E-state index is 0.329. The van der Waals surface area contributed by atoms with Gasteiger partial charge in [0.05, 0.1) is 12.7 Å². The summed E-state index contributed by atoms with van der Waals surface area (Å²) in [6.45, 7) is 6.76. The van der Waals surface area contributed by atoms with E-state index in [0.717, 1.165) is 39.2 Å². The van der Waals surface area contributed by atoms with Gasteiger partial charge in [0.2, 0.25) is 0 Å². The van der Waals surface area contributed by atoms with Crippen molar-refractivity contribution >= 4 is 0 Å². The van der Waals surface area contributed by atoms with Crippen LogP contribution < -0.4 is 5.32 Å². The Balaban J connectivity index is 1.63. The molecule has 1 N–H and O–H groups in total. The maximum absolute atomic E-state index is 5.51. The molecule has 2 aliphatic heterocycles. The SMILES string of the molecule is CN1CCN(C)C(CNCC2CCOCO2)C1. The van der Waals surface area contributed by atoms with Crippen LogP contribution in [0.2, 0.25) is 0 Å². The van der Waals surface area contributed by atoms with Crippen molar-refractivity contribution in [1.82, 2.24) is 15.1 Å². The lowest BCUT2D eigenvalue weighted by atomic mass is 10.2. The van der Waals surface area contributed by atoms with E-state index in [9.17, 15) is 0 Å². The Kier molecular flexibility index (Phi) is 5.18. The van der Waals surface area contributed by atoms with Crippen molar-refractivity contribution in [3.8, 4) is 0 Å². The second-order valence-electron chi connectivity index (χ2n) is 5.16. The molecule has 2 aliphatic rings. The van der Waals surface area contributed by atoms with Gasteiger partial charge in [-0.3, -0.25) is 4.90 Å². The van der Waals surface area contributed by atoms with Crippen LogP contribution in [0.15, 0.2) is 0 Å². The van der Waals surface area contributed by atoms with E-state index in [-0.39, 0.29) is 0 Å². The lowest BCUT2D eigenvalue weighted by Crippen LogP contribution is -2.54. The zero-order valence-corrected chi connectivity index (χ0v) is 11.0. The fourth-order valence-electron chi connectivity index (χ4n) is 2.40. The zero-order chi connectivity index (χ0) is 12.1. The van der Waals surface area contributed by atoms with E-state index in [0.29, 0.717) is 18.9 Å². The quantitative estimate of drug-likeness (QED) is 0.726. The lowest BCUT2D eigenvalue weighted by Gasteiger charge is -2.38. The molecule has 2 rings (SSSR count). The largest absolute Gasteiger partial charge is 0.355 e. The fraction of sp³-hybridized carbons (Fsp3) is 1.00. The first kappa shape index (κ1) is 13.2. The molecular weight excluding hydrogens is 218 g/mol. The molecule has 0 aromatic carbocycles. The van der Waals surface area contributed by atoms with Gasteiger partial charge in [0.25, 0.3) is 0 Å². The molecule has 0 spiro atoms. The smallest absolute Gasteiger partial charge is 0.147 e. The number of hydrogen-bond donors (Lipinski definition) is 1. The Morgan fingerprint density at radius 3 is 2.88 bits per heavy atom. The summed E-state index contributed by atoms with van der Waals surface area (Å²) in [5, 5.41) is 3.53. The standard InChI is InChI=1S/C12H25N3O2/c1-14-4-5-15(2)11(9-14)7-13-8-12-3-6-16-10-17-12/h11-13H,3-10H2,1-2H3. The number of nitrogens with one attached hydrogen (secondary N) is 1. The topological polar surface area (TPSA) is 37.0 Å². The Hall–Kier alpha value is -0.200. The molecule has 100 valence electrons. The minimum Gasteiger partial charge on any atom is -0.355 e. The summed E-state index contributed by atoms with van der Waals surface area (Å²) >= 11 is 0. The van der Waals surface area contributed by atoms with E-state index in [4.69, 9.17) is 9.47 Å². The van der Waals surface area contributed by atoms with Crippen LogP contribution in [0.3, 0.4) is 0 Å². The van der Waals surface area contributed by atoms with Crippen LogP contribution in [0.1, 0.15) is 6.42 Å². The van der Waals surface area contributed by atoms with E-state index in [1.165, 1.54) is 6.54 Å². The third-order valence-electron chi connectivity index (χ3n) is 3.70. The van der Waals surface area contributed by atoms with Crippen molar-refractivity contribution in [3.05, 3.63) is 0 Å². The first-order chi connectivity index (χ1) is 8.25. The van der Waals surface area contributed by atoms with Crippen molar-refractivity contribution in [2.45, 2.75) is 18.6 Å². The van der Waals surface area contributed by atoms with Crippen LogP contribution in [-0.4, -0.2) is 82.2 Å². The summed E-state index contributed by atoms with van der Waals surface area (Å²) in [5.74, 6) is 0. The van der Waals surface area contributed by atoms with E-state index >= 15 is 0 Å². The first-order valence-corrected chi connectivity index (χ1v) is 6.54. The number of nitrogens with zero attached hydrogens (tertiary/aromatic N) is 2. The number of ether oxygens (including phenoxy) is 2. The monoisotopic (exact) mass is 243 g/mol. The van der Waals surface area contributed by atoms with Crippen LogP contribution in [0.25, 0.3) is 0 Å². The molecule has 2 atom stereocenters. The number of rotatable bonds is 4. The van der Waals surface area contributed by atoms with Gasteiger partial charge in [-0.25, -0.2) is 0 Å². The Morgan fingerprint density at radius 1 is 1.24 bits per heavy atom. The maximum atomic E-state index is 5.51. The Labute approximate surface area is 104 Å². The highest BCUT2D eigenvalue weighted by Gasteiger charge is 2.22. The van der Waals surface area contributed by atoms with Crippen molar-refractivity contribution in [3.63, 3.8) is 0 Å². The van der Waals surface area contributed by atoms with E-state index in [2.05, 4.69) is 29.2 Å². The second kappa shape index (κ2) is 6.66. The molecule has 0 radical (unpaired) electrons. The van der Waals surface area contributed by atoms with Gasteiger partial charge in [-0.15, -0.1) is 0 Å². The average molecular weight is 243 g/mol. The molecule has 0 bridgehead atoms. The van der Waals surface area contributed by atoms with Crippen molar-refractivity contribution in [2.75, 3.05) is 60.2 Å². The molecular formula is C12H25N3O2. The number of piperazine rings is 1. The van der Waals surface area contributed by atoms with Crippen LogP contribution in [0.4, 0.5) is 0 Å². The molecule has 17 heavy (non-hydrogen) atoms. The number of hydrogen-bond acceptors (Lipinski definition) is 5. The van der Waals surface area contributed by atoms with Crippen LogP contribution in [-0.2, 0) is 9.47 Å². The van der Waals surface area contributed by atoms with Gasteiger partial charge < -0.3 is 19.7 Å². The first-order valence-electron chi connectivity index (χ1n) is 6.54. The third-order valence-corrected chi connectivity index (χ3v) is 3.70. The van der Waals surface area contributed by atoms with Crippen molar-refractivity contribution in [1.29, 1.82) is 0 Å². The van der Waals surface area contributed by atoms with Gasteiger partial charge in [-0.05, 0) is 20.5 Å². The highest BCUT2D eigenvalue weighted by atomic mass is 16.7.